The van der Waals surface area contributed by atoms with Gasteiger partial charge in [-0.1, -0.05) is 0 Å². The number of amides is 1. The summed E-state index contributed by atoms with van der Waals surface area (Å²) in [5.74, 6) is 0.118. The van der Waals surface area contributed by atoms with Crippen molar-refractivity contribution in [2.75, 3.05) is 19.8 Å². The normalized spacial score (nSPS) is 19.8. The van der Waals surface area contributed by atoms with Crippen LogP contribution in [0.4, 0.5) is 0 Å². The number of carbonyl (C=O) groups is 1. The van der Waals surface area contributed by atoms with Gasteiger partial charge in [-0.3, -0.25) is 4.79 Å². The van der Waals surface area contributed by atoms with Crippen LogP contribution in [0.15, 0.2) is 11.4 Å². The lowest BCUT2D eigenvalue weighted by molar-refractivity contribution is -0.0370. The van der Waals surface area contributed by atoms with Crippen molar-refractivity contribution in [3.8, 4) is 0 Å². The van der Waals surface area contributed by atoms with Crippen LogP contribution in [0.25, 0.3) is 0 Å². The fourth-order valence-electron chi connectivity index (χ4n) is 1.81. The first-order valence-corrected chi connectivity index (χ1v) is 7.10. The highest BCUT2D eigenvalue weighted by Crippen LogP contribution is 2.24. The van der Waals surface area contributed by atoms with Gasteiger partial charge in [0, 0.05) is 11.9 Å². The Balaban J connectivity index is 2.20. The summed E-state index contributed by atoms with van der Waals surface area (Å²) in [5, 5.41) is 1.93. The molecule has 1 aromatic heterocycles. The Labute approximate surface area is 113 Å². The maximum atomic E-state index is 12.3. The standard InChI is InChI=1S/C11H14INO2S/c1-11(2)7-15-4-3-13(11)10(14)8-5-9(12)16-6-8/h5-6H,3-4,7H2,1-2H3. The fraction of sp³-hybridized carbons (Fsp3) is 0.545. The van der Waals surface area contributed by atoms with Crippen molar-refractivity contribution in [2.24, 2.45) is 0 Å². The molecule has 1 aliphatic rings. The number of halogens is 1. The Morgan fingerprint density at radius 1 is 1.62 bits per heavy atom. The molecule has 1 aliphatic heterocycles. The summed E-state index contributed by atoms with van der Waals surface area (Å²) in [5.41, 5.74) is 0.590. The van der Waals surface area contributed by atoms with Gasteiger partial charge in [0.2, 0.25) is 0 Å². The predicted octanol–water partition coefficient (Wildman–Crippen LogP) is 2.60. The van der Waals surface area contributed by atoms with E-state index in [1.54, 1.807) is 11.3 Å². The van der Waals surface area contributed by atoms with Crippen molar-refractivity contribution in [1.29, 1.82) is 0 Å². The lowest BCUT2D eigenvalue weighted by atomic mass is 10.0. The van der Waals surface area contributed by atoms with E-state index >= 15 is 0 Å². The molecule has 2 heterocycles. The number of carbonyl (C=O) groups excluding carboxylic acids is 1. The average molecular weight is 351 g/mol. The molecule has 0 saturated carbocycles. The van der Waals surface area contributed by atoms with Gasteiger partial charge in [-0.15, -0.1) is 11.3 Å². The number of hydrogen-bond acceptors (Lipinski definition) is 3. The van der Waals surface area contributed by atoms with E-state index in [0.29, 0.717) is 19.8 Å². The molecule has 0 atom stereocenters. The minimum absolute atomic E-state index is 0.118. The topological polar surface area (TPSA) is 29.5 Å². The molecule has 16 heavy (non-hydrogen) atoms. The first kappa shape index (κ1) is 12.3. The number of hydrogen-bond donors (Lipinski definition) is 0. The second kappa shape index (κ2) is 4.62. The van der Waals surface area contributed by atoms with E-state index in [9.17, 15) is 4.79 Å². The molecule has 0 unspecified atom stereocenters. The van der Waals surface area contributed by atoms with E-state index in [-0.39, 0.29) is 11.4 Å². The zero-order valence-electron chi connectivity index (χ0n) is 9.33. The molecule has 5 heteroatoms. The molecule has 0 N–H and O–H groups in total. The van der Waals surface area contributed by atoms with Gasteiger partial charge in [0.05, 0.1) is 27.2 Å². The van der Waals surface area contributed by atoms with Gasteiger partial charge >= 0.3 is 0 Å². The summed E-state index contributed by atoms with van der Waals surface area (Å²) in [6.45, 7) is 6.01. The van der Waals surface area contributed by atoms with E-state index in [0.717, 1.165) is 8.45 Å². The van der Waals surface area contributed by atoms with Crippen molar-refractivity contribution in [2.45, 2.75) is 19.4 Å². The van der Waals surface area contributed by atoms with E-state index in [1.807, 2.05) is 30.2 Å². The number of nitrogens with zero attached hydrogens (tertiary/aromatic N) is 1. The summed E-state index contributed by atoms with van der Waals surface area (Å²) in [4.78, 5) is 14.2. The SMILES string of the molecule is CC1(C)COCCN1C(=O)c1csc(I)c1. The summed E-state index contributed by atoms with van der Waals surface area (Å²) < 4.78 is 6.56. The Morgan fingerprint density at radius 3 is 2.94 bits per heavy atom. The van der Waals surface area contributed by atoms with E-state index in [2.05, 4.69) is 22.6 Å². The lowest BCUT2D eigenvalue weighted by Crippen LogP contribution is -2.55. The van der Waals surface area contributed by atoms with Gasteiger partial charge in [0.1, 0.15) is 0 Å². The van der Waals surface area contributed by atoms with Crippen LogP contribution in [0.3, 0.4) is 0 Å². The summed E-state index contributed by atoms with van der Waals surface area (Å²) in [7, 11) is 0. The van der Waals surface area contributed by atoms with Gasteiger partial charge in [-0.2, -0.15) is 0 Å². The first-order valence-electron chi connectivity index (χ1n) is 5.14. The number of ether oxygens (including phenoxy) is 1. The smallest absolute Gasteiger partial charge is 0.255 e. The zero-order valence-corrected chi connectivity index (χ0v) is 12.3. The maximum Gasteiger partial charge on any atom is 0.255 e. The second-order valence-electron chi connectivity index (χ2n) is 4.46. The summed E-state index contributed by atoms with van der Waals surface area (Å²) in [6.07, 6.45) is 0. The van der Waals surface area contributed by atoms with Crippen LogP contribution < -0.4 is 0 Å². The molecule has 88 valence electrons. The monoisotopic (exact) mass is 351 g/mol. The van der Waals surface area contributed by atoms with Crippen LogP contribution in [0.5, 0.6) is 0 Å². The van der Waals surface area contributed by atoms with E-state index in [4.69, 9.17) is 4.74 Å². The zero-order chi connectivity index (χ0) is 11.8. The highest BCUT2D eigenvalue weighted by Gasteiger charge is 2.34. The number of morpholine rings is 1. The van der Waals surface area contributed by atoms with Crippen LogP contribution in [0.2, 0.25) is 0 Å². The molecule has 2 rings (SSSR count). The van der Waals surface area contributed by atoms with Crippen molar-refractivity contribution in [1.82, 2.24) is 4.90 Å². The van der Waals surface area contributed by atoms with Gasteiger partial charge in [0.25, 0.3) is 5.91 Å². The predicted molar refractivity (Wildman–Crippen MR) is 73.0 cm³/mol. The van der Waals surface area contributed by atoms with Crippen molar-refractivity contribution in [3.63, 3.8) is 0 Å². The molecule has 1 aromatic rings. The Kier molecular flexibility index (Phi) is 3.56. The molecule has 1 saturated heterocycles. The van der Waals surface area contributed by atoms with Crippen LogP contribution in [0, 0.1) is 2.88 Å². The number of rotatable bonds is 1. The third-order valence-corrected chi connectivity index (χ3v) is 4.49. The van der Waals surface area contributed by atoms with Crippen LogP contribution >= 0.6 is 33.9 Å². The third-order valence-electron chi connectivity index (χ3n) is 2.70. The van der Waals surface area contributed by atoms with Gasteiger partial charge in [-0.05, 0) is 42.5 Å². The molecular weight excluding hydrogens is 337 g/mol. The van der Waals surface area contributed by atoms with Gasteiger partial charge in [0.15, 0.2) is 0 Å². The van der Waals surface area contributed by atoms with Crippen molar-refractivity contribution >= 4 is 39.8 Å². The van der Waals surface area contributed by atoms with Crippen molar-refractivity contribution < 1.29 is 9.53 Å². The highest BCUT2D eigenvalue weighted by molar-refractivity contribution is 14.1. The van der Waals surface area contributed by atoms with E-state index < -0.39 is 0 Å². The van der Waals surface area contributed by atoms with Crippen LogP contribution in [0.1, 0.15) is 24.2 Å². The van der Waals surface area contributed by atoms with Crippen LogP contribution in [-0.4, -0.2) is 36.1 Å². The summed E-state index contributed by atoms with van der Waals surface area (Å²) >= 11 is 3.84. The molecular formula is C11H14INO2S. The summed E-state index contributed by atoms with van der Waals surface area (Å²) in [6, 6.07) is 1.94. The lowest BCUT2D eigenvalue weighted by Gasteiger charge is -2.42. The second-order valence-corrected chi connectivity index (χ2v) is 7.27. The van der Waals surface area contributed by atoms with Gasteiger partial charge in [-0.25, -0.2) is 0 Å². The minimum atomic E-state index is -0.206. The molecule has 0 bridgehead atoms. The van der Waals surface area contributed by atoms with Crippen LogP contribution in [-0.2, 0) is 4.74 Å². The molecule has 0 aliphatic carbocycles. The highest BCUT2D eigenvalue weighted by atomic mass is 127. The first-order chi connectivity index (χ1) is 7.50. The molecule has 0 spiro atoms. The molecule has 0 radical (unpaired) electrons. The Bertz CT molecular complexity index is 402. The fourth-order valence-corrected chi connectivity index (χ4v) is 3.13. The third kappa shape index (κ3) is 2.41. The van der Waals surface area contributed by atoms with Crippen molar-refractivity contribution in [3.05, 3.63) is 19.9 Å². The largest absolute Gasteiger partial charge is 0.377 e. The van der Waals surface area contributed by atoms with E-state index in [1.165, 1.54) is 0 Å². The molecule has 1 fully saturated rings. The molecule has 1 amide bonds. The Hall–Kier alpha value is -0.140. The average Bonchev–Trinajstić information content (AvgIpc) is 2.63. The Morgan fingerprint density at radius 2 is 2.38 bits per heavy atom. The minimum Gasteiger partial charge on any atom is -0.377 e. The maximum absolute atomic E-state index is 12.3. The quantitative estimate of drug-likeness (QED) is 0.728. The molecule has 0 aromatic carbocycles. The molecule has 3 nitrogen and oxygen atoms in total. The van der Waals surface area contributed by atoms with Gasteiger partial charge < -0.3 is 9.64 Å². The number of thiophene rings is 1.